The normalized spacial score (nSPS) is 11.2. The van der Waals surface area contributed by atoms with Gasteiger partial charge in [-0.25, -0.2) is 0 Å². The van der Waals surface area contributed by atoms with Crippen molar-refractivity contribution in [2.24, 2.45) is 0 Å². The summed E-state index contributed by atoms with van der Waals surface area (Å²) in [5.41, 5.74) is 3.48. The van der Waals surface area contributed by atoms with Crippen molar-refractivity contribution < 1.29 is 4.79 Å². The van der Waals surface area contributed by atoms with E-state index in [1.807, 2.05) is 37.7 Å². The van der Waals surface area contributed by atoms with Crippen LogP contribution in [-0.4, -0.2) is 30.3 Å². The third-order valence-electron chi connectivity index (χ3n) is 4.07. The van der Waals surface area contributed by atoms with E-state index in [1.54, 1.807) is 10.5 Å². The number of nitrogens with one attached hydrogen (secondary N) is 1. The minimum absolute atomic E-state index is 0.0735. The predicted molar refractivity (Wildman–Crippen MR) is 90.9 cm³/mol. The van der Waals surface area contributed by atoms with E-state index in [2.05, 4.69) is 20.6 Å². The highest BCUT2D eigenvalue weighted by atomic mass is 35.5. The summed E-state index contributed by atoms with van der Waals surface area (Å²) in [5, 5.41) is 16.0. The molecule has 1 N–H and O–H groups in total. The number of pyridine rings is 1. The molecule has 3 aromatic heterocycles. The lowest BCUT2D eigenvalue weighted by Crippen LogP contribution is -2.26. The Hall–Kier alpha value is -2.41. The quantitative estimate of drug-likeness (QED) is 0.767. The van der Waals surface area contributed by atoms with Crippen LogP contribution in [0.5, 0.6) is 0 Å². The summed E-state index contributed by atoms with van der Waals surface area (Å²) in [5.74, 6) is 0.564. The van der Waals surface area contributed by atoms with Crippen LogP contribution in [0.4, 0.5) is 0 Å². The summed E-state index contributed by atoms with van der Waals surface area (Å²) in [4.78, 5) is 12.3. The van der Waals surface area contributed by atoms with E-state index < -0.39 is 0 Å². The van der Waals surface area contributed by atoms with Gasteiger partial charge in [-0.05, 0) is 32.9 Å². The molecular formula is C16H19ClN6O. The number of carbonyl (C=O) groups excluding carboxylic acids is 1. The first-order chi connectivity index (χ1) is 11.5. The SMILES string of the molecule is CCn1nc(C)c(CC(=O)NCc2nnc3c(Cl)cccn23)c1C. The zero-order valence-electron chi connectivity index (χ0n) is 13.9. The molecule has 0 bridgehead atoms. The molecule has 0 atom stereocenters. The molecule has 0 aromatic carbocycles. The van der Waals surface area contributed by atoms with Gasteiger partial charge in [-0.1, -0.05) is 11.6 Å². The van der Waals surface area contributed by atoms with E-state index in [0.29, 0.717) is 29.5 Å². The van der Waals surface area contributed by atoms with Crippen molar-refractivity contribution in [2.75, 3.05) is 0 Å². The molecule has 3 heterocycles. The summed E-state index contributed by atoms with van der Waals surface area (Å²) < 4.78 is 3.68. The third kappa shape index (κ3) is 2.99. The molecule has 8 heteroatoms. The molecule has 0 unspecified atom stereocenters. The first-order valence-electron chi connectivity index (χ1n) is 7.79. The van der Waals surface area contributed by atoms with Crippen molar-refractivity contribution in [1.82, 2.24) is 29.7 Å². The largest absolute Gasteiger partial charge is 0.348 e. The van der Waals surface area contributed by atoms with Crippen LogP contribution in [0.15, 0.2) is 18.3 Å². The Morgan fingerprint density at radius 2 is 2.12 bits per heavy atom. The van der Waals surface area contributed by atoms with E-state index in [-0.39, 0.29) is 5.91 Å². The molecule has 1 amide bonds. The molecule has 0 saturated heterocycles. The second kappa shape index (κ2) is 6.60. The highest BCUT2D eigenvalue weighted by molar-refractivity contribution is 6.33. The van der Waals surface area contributed by atoms with Crippen molar-refractivity contribution in [3.8, 4) is 0 Å². The Bertz CT molecular complexity index is 897. The minimum Gasteiger partial charge on any atom is -0.348 e. The molecule has 0 fully saturated rings. The summed E-state index contributed by atoms with van der Waals surface area (Å²) in [7, 11) is 0. The molecule has 0 saturated carbocycles. The average molecular weight is 347 g/mol. The van der Waals surface area contributed by atoms with E-state index in [4.69, 9.17) is 11.6 Å². The Balaban J connectivity index is 1.69. The van der Waals surface area contributed by atoms with Gasteiger partial charge in [0.2, 0.25) is 5.91 Å². The lowest BCUT2D eigenvalue weighted by molar-refractivity contribution is -0.120. The molecule has 0 aliphatic heterocycles. The fourth-order valence-corrected chi connectivity index (χ4v) is 2.95. The van der Waals surface area contributed by atoms with Crippen LogP contribution in [-0.2, 0) is 24.3 Å². The van der Waals surface area contributed by atoms with Crippen molar-refractivity contribution in [3.05, 3.63) is 46.1 Å². The number of aryl methyl sites for hydroxylation is 2. The van der Waals surface area contributed by atoms with E-state index in [9.17, 15) is 4.79 Å². The number of carbonyl (C=O) groups is 1. The number of aromatic nitrogens is 5. The van der Waals surface area contributed by atoms with Crippen molar-refractivity contribution in [2.45, 2.75) is 40.3 Å². The maximum atomic E-state index is 12.3. The summed E-state index contributed by atoms with van der Waals surface area (Å²) in [6.45, 7) is 7.03. The fraction of sp³-hybridized carbons (Fsp3) is 0.375. The predicted octanol–water partition coefficient (Wildman–Crippen LogP) is 2.07. The average Bonchev–Trinajstić information content (AvgIpc) is 3.10. The lowest BCUT2D eigenvalue weighted by Gasteiger charge is -2.05. The van der Waals surface area contributed by atoms with E-state index >= 15 is 0 Å². The maximum Gasteiger partial charge on any atom is 0.224 e. The topological polar surface area (TPSA) is 77.1 Å². The third-order valence-corrected chi connectivity index (χ3v) is 4.36. The fourth-order valence-electron chi connectivity index (χ4n) is 2.75. The molecule has 0 spiro atoms. The second-order valence-corrected chi connectivity index (χ2v) is 5.99. The molecule has 3 rings (SSSR count). The molecular weight excluding hydrogens is 328 g/mol. The highest BCUT2D eigenvalue weighted by Gasteiger charge is 2.15. The number of rotatable bonds is 5. The summed E-state index contributed by atoms with van der Waals surface area (Å²) in [6, 6.07) is 3.57. The number of amides is 1. The standard InChI is InChI=1S/C16H19ClN6O/c1-4-23-11(3)12(10(2)21-23)8-15(24)18-9-14-19-20-16-13(17)6-5-7-22(14)16/h5-7H,4,8-9H2,1-3H3,(H,18,24). The monoisotopic (exact) mass is 346 g/mol. The molecule has 0 radical (unpaired) electrons. The van der Waals surface area contributed by atoms with E-state index in [0.717, 1.165) is 23.5 Å². The van der Waals surface area contributed by atoms with Gasteiger partial charge in [-0.2, -0.15) is 5.10 Å². The molecule has 24 heavy (non-hydrogen) atoms. The first kappa shape index (κ1) is 16.4. The van der Waals surface area contributed by atoms with E-state index in [1.165, 1.54) is 0 Å². The molecule has 3 aromatic rings. The Labute approximate surface area is 144 Å². The molecule has 0 aliphatic carbocycles. The van der Waals surface area contributed by atoms with Crippen LogP contribution in [0, 0.1) is 13.8 Å². The van der Waals surface area contributed by atoms with Gasteiger partial charge < -0.3 is 5.32 Å². The zero-order valence-corrected chi connectivity index (χ0v) is 14.6. The Morgan fingerprint density at radius 3 is 2.83 bits per heavy atom. The zero-order chi connectivity index (χ0) is 17.3. The number of nitrogens with zero attached hydrogens (tertiary/aromatic N) is 5. The van der Waals surface area contributed by atoms with Gasteiger partial charge in [0.15, 0.2) is 11.5 Å². The molecule has 0 aliphatic rings. The van der Waals surface area contributed by atoms with Gasteiger partial charge in [0.25, 0.3) is 0 Å². The van der Waals surface area contributed by atoms with Gasteiger partial charge in [0, 0.05) is 24.0 Å². The van der Waals surface area contributed by atoms with Gasteiger partial charge in [0.05, 0.1) is 23.7 Å². The van der Waals surface area contributed by atoms with Gasteiger partial charge in [0.1, 0.15) is 0 Å². The first-order valence-corrected chi connectivity index (χ1v) is 8.16. The Morgan fingerprint density at radius 1 is 1.33 bits per heavy atom. The van der Waals surface area contributed by atoms with Crippen LogP contribution in [0.2, 0.25) is 5.02 Å². The van der Waals surface area contributed by atoms with Crippen LogP contribution in [0.3, 0.4) is 0 Å². The molecule has 7 nitrogen and oxygen atoms in total. The highest BCUT2D eigenvalue weighted by Crippen LogP contribution is 2.16. The lowest BCUT2D eigenvalue weighted by atomic mass is 10.1. The second-order valence-electron chi connectivity index (χ2n) is 5.58. The smallest absolute Gasteiger partial charge is 0.224 e. The number of fused-ring (bicyclic) bond motifs is 1. The minimum atomic E-state index is -0.0735. The number of hydrogen-bond donors (Lipinski definition) is 1. The van der Waals surface area contributed by atoms with Gasteiger partial charge in [-0.3, -0.25) is 13.9 Å². The maximum absolute atomic E-state index is 12.3. The van der Waals surface area contributed by atoms with Gasteiger partial charge >= 0.3 is 0 Å². The van der Waals surface area contributed by atoms with Crippen molar-refractivity contribution >= 4 is 23.2 Å². The number of hydrogen-bond acceptors (Lipinski definition) is 4. The summed E-state index contributed by atoms with van der Waals surface area (Å²) >= 11 is 6.07. The van der Waals surface area contributed by atoms with Crippen LogP contribution in [0.1, 0.15) is 29.7 Å². The van der Waals surface area contributed by atoms with Crippen LogP contribution < -0.4 is 5.32 Å². The van der Waals surface area contributed by atoms with Gasteiger partial charge in [-0.15, -0.1) is 10.2 Å². The van der Waals surface area contributed by atoms with Crippen molar-refractivity contribution in [3.63, 3.8) is 0 Å². The number of halogens is 1. The van der Waals surface area contributed by atoms with Crippen LogP contribution in [0.25, 0.3) is 5.65 Å². The van der Waals surface area contributed by atoms with Crippen LogP contribution >= 0.6 is 11.6 Å². The summed E-state index contributed by atoms with van der Waals surface area (Å²) in [6.07, 6.45) is 2.12. The molecule has 126 valence electrons. The van der Waals surface area contributed by atoms with Crippen molar-refractivity contribution in [1.29, 1.82) is 0 Å². The Kier molecular flexibility index (Phi) is 4.53.